The van der Waals surface area contributed by atoms with E-state index in [-0.39, 0.29) is 5.91 Å². The van der Waals surface area contributed by atoms with Gasteiger partial charge >= 0.3 is 0 Å². The molecule has 2 aromatic carbocycles. The van der Waals surface area contributed by atoms with E-state index < -0.39 is 0 Å². The number of hydrogen-bond donors (Lipinski definition) is 2. The normalized spacial score (nSPS) is 10.8. The average molecular weight is 325 g/mol. The second kappa shape index (κ2) is 10.6. The molecule has 2 aromatic rings. The summed E-state index contributed by atoms with van der Waals surface area (Å²) in [6.45, 7) is 3.76. The first kappa shape index (κ1) is 18.2. The third kappa shape index (κ3) is 7.40. The van der Waals surface area contributed by atoms with Gasteiger partial charge < -0.3 is 15.5 Å². The molecule has 0 fully saturated rings. The zero-order valence-electron chi connectivity index (χ0n) is 14.4. The molecular formula is C20H27N3O. The smallest absolute Gasteiger partial charge is 0.234 e. The van der Waals surface area contributed by atoms with Crippen molar-refractivity contribution >= 4 is 5.91 Å². The van der Waals surface area contributed by atoms with Gasteiger partial charge in [-0.25, -0.2) is 0 Å². The third-order valence-corrected chi connectivity index (χ3v) is 3.81. The van der Waals surface area contributed by atoms with E-state index in [2.05, 4.69) is 46.8 Å². The van der Waals surface area contributed by atoms with Crippen LogP contribution in [0.1, 0.15) is 17.5 Å². The molecule has 4 nitrogen and oxygen atoms in total. The lowest BCUT2D eigenvalue weighted by Gasteiger charge is -2.16. The van der Waals surface area contributed by atoms with E-state index >= 15 is 0 Å². The number of nitrogens with one attached hydrogen (secondary N) is 2. The van der Waals surface area contributed by atoms with Crippen molar-refractivity contribution in [2.24, 2.45) is 0 Å². The quantitative estimate of drug-likeness (QED) is 0.659. The summed E-state index contributed by atoms with van der Waals surface area (Å²) < 4.78 is 0. The topological polar surface area (TPSA) is 44.4 Å². The zero-order valence-corrected chi connectivity index (χ0v) is 14.4. The molecule has 0 atom stereocenters. The van der Waals surface area contributed by atoms with Gasteiger partial charge in [-0.2, -0.15) is 0 Å². The van der Waals surface area contributed by atoms with Crippen molar-refractivity contribution < 1.29 is 4.79 Å². The average Bonchev–Trinajstić information content (AvgIpc) is 2.61. The molecule has 0 saturated heterocycles. The molecule has 24 heavy (non-hydrogen) atoms. The van der Waals surface area contributed by atoms with E-state index in [1.54, 1.807) is 0 Å². The Morgan fingerprint density at radius 2 is 1.58 bits per heavy atom. The van der Waals surface area contributed by atoms with Crippen LogP contribution in [0.25, 0.3) is 0 Å². The number of benzene rings is 2. The van der Waals surface area contributed by atoms with Gasteiger partial charge in [0.25, 0.3) is 0 Å². The van der Waals surface area contributed by atoms with Crippen LogP contribution in [0.15, 0.2) is 60.7 Å². The van der Waals surface area contributed by atoms with E-state index in [4.69, 9.17) is 0 Å². The van der Waals surface area contributed by atoms with Crippen molar-refractivity contribution in [1.82, 2.24) is 15.5 Å². The molecule has 1 amide bonds. The first-order valence-electron chi connectivity index (χ1n) is 8.48. The Labute approximate surface area is 144 Å². The molecule has 0 heterocycles. The summed E-state index contributed by atoms with van der Waals surface area (Å²) in [5.74, 6) is 0.0384. The van der Waals surface area contributed by atoms with Crippen molar-refractivity contribution in [1.29, 1.82) is 0 Å². The summed E-state index contributed by atoms with van der Waals surface area (Å²) in [5, 5.41) is 6.12. The van der Waals surface area contributed by atoms with Crippen molar-refractivity contribution in [3.8, 4) is 0 Å². The lowest BCUT2D eigenvalue weighted by atomic mass is 10.2. The molecule has 2 N–H and O–H groups in total. The van der Waals surface area contributed by atoms with Gasteiger partial charge in [-0.1, -0.05) is 60.7 Å². The predicted octanol–water partition coefficient (Wildman–Crippen LogP) is 2.41. The SMILES string of the molecule is CN(CCCNCC(=O)NCc1ccccc1)Cc1ccccc1. The number of carbonyl (C=O) groups excluding carboxylic acids is 1. The molecule has 0 unspecified atom stereocenters. The second-order valence-corrected chi connectivity index (χ2v) is 6.02. The maximum atomic E-state index is 11.8. The monoisotopic (exact) mass is 325 g/mol. The van der Waals surface area contributed by atoms with Gasteiger partial charge in [-0.15, -0.1) is 0 Å². The van der Waals surface area contributed by atoms with Gasteiger partial charge in [0.05, 0.1) is 6.54 Å². The molecule has 0 aliphatic heterocycles. The maximum Gasteiger partial charge on any atom is 0.234 e. The van der Waals surface area contributed by atoms with Crippen LogP contribution in [0.5, 0.6) is 0 Å². The predicted molar refractivity (Wildman–Crippen MR) is 98.6 cm³/mol. The summed E-state index contributed by atoms with van der Waals surface area (Å²) in [7, 11) is 2.12. The van der Waals surface area contributed by atoms with Crippen LogP contribution in [0, 0.1) is 0 Å². The third-order valence-electron chi connectivity index (χ3n) is 3.81. The molecule has 2 rings (SSSR count). The highest BCUT2D eigenvalue weighted by Gasteiger charge is 2.02. The van der Waals surface area contributed by atoms with E-state index in [0.717, 1.165) is 31.6 Å². The minimum atomic E-state index is 0.0384. The summed E-state index contributed by atoms with van der Waals surface area (Å²) >= 11 is 0. The van der Waals surface area contributed by atoms with Crippen LogP contribution < -0.4 is 10.6 Å². The first-order chi connectivity index (χ1) is 11.7. The van der Waals surface area contributed by atoms with E-state index in [0.29, 0.717) is 13.1 Å². The maximum absolute atomic E-state index is 11.8. The Hall–Kier alpha value is -2.17. The summed E-state index contributed by atoms with van der Waals surface area (Å²) in [6.07, 6.45) is 1.02. The fraction of sp³-hybridized carbons (Fsp3) is 0.350. The van der Waals surface area contributed by atoms with Crippen LogP contribution in [0.2, 0.25) is 0 Å². The van der Waals surface area contributed by atoms with Gasteiger partial charge in [-0.05, 0) is 37.7 Å². The van der Waals surface area contributed by atoms with Crippen LogP contribution in [-0.2, 0) is 17.9 Å². The molecule has 0 aliphatic carbocycles. The number of carbonyl (C=O) groups is 1. The minimum Gasteiger partial charge on any atom is -0.351 e. The summed E-state index contributed by atoms with van der Waals surface area (Å²) in [4.78, 5) is 14.1. The highest BCUT2D eigenvalue weighted by molar-refractivity contribution is 5.77. The molecule has 128 valence electrons. The molecule has 0 radical (unpaired) electrons. The molecule has 0 aromatic heterocycles. The lowest BCUT2D eigenvalue weighted by molar-refractivity contribution is -0.120. The van der Waals surface area contributed by atoms with Crippen molar-refractivity contribution in [2.75, 3.05) is 26.7 Å². The van der Waals surface area contributed by atoms with Crippen LogP contribution in [-0.4, -0.2) is 37.5 Å². The molecule has 0 saturated carbocycles. The van der Waals surface area contributed by atoms with Crippen LogP contribution >= 0.6 is 0 Å². The fourth-order valence-electron chi connectivity index (χ4n) is 2.51. The second-order valence-electron chi connectivity index (χ2n) is 6.02. The lowest BCUT2D eigenvalue weighted by Crippen LogP contribution is -2.34. The fourth-order valence-corrected chi connectivity index (χ4v) is 2.51. The van der Waals surface area contributed by atoms with Crippen LogP contribution in [0.4, 0.5) is 0 Å². The molecule has 0 bridgehead atoms. The van der Waals surface area contributed by atoms with Crippen LogP contribution in [0.3, 0.4) is 0 Å². The van der Waals surface area contributed by atoms with E-state index in [9.17, 15) is 4.79 Å². The van der Waals surface area contributed by atoms with Crippen molar-refractivity contribution in [3.05, 3.63) is 71.8 Å². The Balaban J connectivity index is 1.50. The highest BCUT2D eigenvalue weighted by atomic mass is 16.1. The zero-order chi connectivity index (χ0) is 17.0. The van der Waals surface area contributed by atoms with E-state index in [1.807, 2.05) is 36.4 Å². The summed E-state index contributed by atoms with van der Waals surface area (Å²) in [6, 6.07) is 20.4. The highest BCUT2D eigenvalue weighted by Crippen LogP contribution is 2.02. The Morgan fingerprint density at radius 1 is 0.958 bits per heavy atom. The molecule has 0 aliphatic rings. The minimum absolute atomic E-state index is 0.0384. The Kier molecular flexibility index (Phi) is 8.01. The van der Waals surface area contributed by atoms with Crippen molar-refractivity contribution in [3.63, 3.8) is 0 Å². The molecule has 4 heteroatoms. The molecule has 0 spiro atoms. The van der Waals surface area contributed by atoms with Gasteiger partial charge in [0.1, 0.15) is 0 Å². The van der Waals surface area contributed by atoms with Gasteiger partial charge in [0, 0.05) is 13.1 Å². The van der Waals surface area contributed by atoms with Crippen molar-refractivity contribution in [2.45, 2.75) is 19.5 Å². The number of rotatable bonds is 10. The largest absolute Gasteiger partial charge is 0.351 e. The first-order valence-corrected chi connectivity index (χ1v) is 8.48. The summed E-state index contributed by atoms with van der Waals surface area (Å²) in [5.41, 5.74) is 2.45. The van der Waals surface area contributed by atoms with Gasteiger partial charge in [-0.3, -0.25) is 4.79 Å². The standard InChI is InChI=1S/C20H27N3O/c1-23(17-19-11-6-3-7-12-19)14-8-13-21-16-20(24)22-15-18-9-4-2-5-10-18/h2-7,9-12,21H,8,13-17H2,1H3,(H,22,24). The number of nitrogens with zero attached hydrogens (tertiary/aromatic N) is 1. The number of hydrogen-bond acceptors (Lipinski definition) is 3. The number of amides is 1. The molecular weight excluding hydrogens is 298 g/mol. The van der Waals surface area contributed by atoms with Gasteiger partial charge in [0.15, 0.2) is 0 Å². The Bertz CT molecular complexity index is 586. The Morgan fingerprint density at radius 3 is 2.25 bits per heavy atom. The van der Waals surface area contributed by atoms with E-state index in [1.165, 1.54) is 5.56 Å². The van der Waals surface area contributed by atoms with Gasteiger partial charge in [0.2, 0.25) is 5.91 Å².